The van der Waals surface area contributed by atoms with E-state index in [9.17, 15) is 4.79 Å². The monoisotopic (exact) mass is 231 g/mol. The second-order valence-corrected chi connectivity index (χ2v) is 3.74. The molecular weight excluding hydrogens is 206 g/mol. The Morgan fingerprint density at radius 2 is 2.00 bits per heavy atom. The van der Waals surface area contributed by atoms with Gasteiger partial charge in [0.1, 0.15) is 6.04 Å². The molecule has 0 aliphatic heterocycles. The summed E-state index contributed by atoms with van der Waals surface area (Å²) in [6.07, 6.45) is 4.17. The Bertz CT molecular complexity index is 174. The smallest absolute Gasteiger partial charge is 0.322 e. The van der Waals surface area contributed by atoms with E-state index in [0.29, 0.717) is 13.0 Å². The van der Waals surface area contributed by atoms with E-state index in [1.165, 1.54) is 20.0 Å². The molecule has 0 radical (unpaired) electrons. The third-order valence-corrected chi connectivity index (χ3v) is 2.38. The highest BCUT2D eigenvalue weighted by Gasteiger charge is 2.16. The molecule has 0 aromatic carbocycles. The summed E-state index contributed by atoms with van der Waals surface area (Å²) in [5.74, 6) is -0.209. The van der Waals surface area contributed by atoms with Gasteiger partial charge in [0.15, 0.2) is 0 Å². The predicted octanol–water partition coefficient (Wildman–Crippen LogP) is 1.73. The lowest BCUT2D eigenvalue weighted by atomic mass is 10.2. The Labute approximate surface area is 98.7 Å². The number of hydrogen-bond donors (Lipinski definition) is 1. The van der Waals surface area contributed by atoms with Gasteiger partial charge in [-0.15, -0.1) is 0 Å². The molecule has 0 amide bonds. The molecule has 0 aromatic heterocycles. The van der Waals surface area contributed by atoms with Crippen LogP contribution in [-0.4, -0.2) is 38.9 Å². The number of unbranched alkanes of at least 4 members (excludes halogenated alkanes) is 2. The Morgan fingerprint density at radius 3 is 2.56 bits per heavy atom. The number of ether oxygens (including phenoxy) is 2. The number of hydrogen-bond acceptors (Lipinski definition) is 4. The molecular formula is C12H25NO3. The van der Waals surface area contributed by atoms with E-state index in [2.05, 4.69) is 12.2 Å². The van der Waals surface area contributed by atoms with Crippen LogP contribution in [0.1, 0.15) is 39.5 Å². The first-order valence-electron chi connectivity index (χ1n) is 6.15. The molecule has 96 valence electrons. The summed E-state index contributed by atoms with van der Waals surface area (Å²) < 4.78 is 10.2. The molecule has 0 aliphatic carbocycles. The summed E-state index contributed by atoms with van der Waals surface area (Å²) in [4.78, 5) is 11.3. The molecule has 0 aliphatic rings. The summed E-state index contributed by atoms with van der Waals surface area (Å²) >= 11 is 0. The van der Waals surface area contributed by atoms with Gasteiger partial charge < -0.3 is 14.8 Å². The number of methoxy groups -OCH3 is 1. The number of carbonyl (C=O) groups excluding carboxylic acids is 1. The Morgan fingerprint density at radius 1 is 1.25 bits per heavy atom. The van der Waals surface area contributed by atoms with E-state index in [1.807, 2.05) is 6.92 Å². The summed E-state index contributed by atoms with van der Waals surface area (Å²) in [6.45, 7) is 6.29. The second kappa shape index (κ2) is 10.9. The average molecular weight is 231 g/mol. The molecule has 0 rings (SSSR count). The lowest BCUT2D eigenvalue weighted by molar-refractivity contribution is -0.143. The molecule has 1 N–H and O–H groups in total. The fourth-order valence-corrected chi connectivity index (χ4v) is 1.45. The van der Waals surface area contributed by atoms with Gasteiger partial charge in [0, 0.05) is 13.2 Å². The van der Waals surface area contributed by atoms with Crippen LogP contribution < -0.4 is 5.32 Å². The minimum atomic E-state index is -0.235. The molecule has 0 aromatic rings. The first kappa shape index (κ1) is 15.4. The molecule has 0 saturated heterocycles. The second-order valence-electron chi connectivity index (χ2n) is 3.74. The van der Waals surface area contributed by atoms with Gasteiger partial charge in [0.25, 0.3) is 0 Å². The SMILES string of the molecule is CCCCCOCCC(NCC)C(=O)OC. The van der Waals surface area contributed by atoms with Gasteiger partial charge in [-0.1, -0.05) is 26.7 Å². The molecule has 1 unspecified atom stereocenters. The molecule has 0 spiro atoms. The van der Waals surface area contributed by atoms with Crippen molar-refractivity contribution < 1.29 is 14.3 Å². The van der Waals surface area contributed by atoms with Crippen molar-refractivity contribution in [2.45, 2.75) is 45.6 Å². The number of nitrogens with one attached hydrogen (secondary N) is 1. The van der Waals surface area contributed by atoms with Crippen molar-refractivity contribution in [3.63, 3.8) is 0 Å². The zero-order valence-corrected chi connectivity index (χ0v) is 10.8. The minimum Gasteiger partial charge on any atom is -0.468 e. The van der Waals surface area contributed by atoms with E-state index in [4.69, 9.17) is 9.47 Å². The van der Waals surface area contributed by atoms with Gasteiger partial charge >= 0.3 is 5.97 Å². The number of esters is 1. The maximum atomic E-state index is 11.3. The van der Waals surface area contributed by atoms with Crippen molar-refractivity contribution in [2.75, 3.05) is 26.9 Å². The molecule has 4 heteroatoms. The summed E-state index contributed by atoms with van der Waals surface area (Å²) in [5.41, 5.74) is 0. The topological polar surface area (TPSA) is 47.6 Å². The first-order valence-corrected chi connectivity index (χ1v) is 6.15. The van der Waals surface area contributed by atoms with Crippen molar-refractivity contribution in [3.05, 3.63) is 0 Å². The van der Waals surface area contributed by atoms with E-state index in [-0.39, 0.29) is 12.0 Å². The van der Waals surface area contributed by atoms with Crippen molar-refractivity contribution in [1.29, 1.82) is 0 Å². The van der Waals surface area contributed by atoms with Crippen LogP contribution in [0.15, 0.2) is 0 Å². The Kier molecular flexibility index (Phi) is 10.5. The zero-order valence-electron chi connectivity index (χ0n) is 10.8. The van der Waals surface area contributed by atoms with Crippen LogP contribution >= 0.6 is 0 Å². The molecule has 1 atom stereocenters. The molecule has 0 saturated carbocycles. The van der Waals surface area contributed by atoms with Crippen molar-refractivity contribution in [3.8, 4) is 0 Å². The minimum absolute atomic E-state index is 0.209. The normalized spacial score (nSPS) is 12.4. The van der Waals surface area contributed by atoms with E-state index >= 15 is 0 Å². The fourth-order valence-electron chi connectivity index (χ4n) is 1.45. The standard InChI is InChI=1S/C12H25NO3/c1-4-6-7-9-16-10-8-11(13-5-2)12(14)15-3/h11,13H,4-10H2,1-3H3. The maximum Gasteiger partial charge on any atom is 0.322 e. The maximum absolute atomic E-state index is 11.3. The van der Waals surface area contributed by atoms with Gasteiger partial charge in [-0.05, 0) is 19.4 Å². The van der Waals surface area contributed by atoms with Gasteiger partial charge in [-0.25, -0.2) is 0 Å². The van der Waals surface area contributed by atoms with Crippen LogP contribution in [-0.2, 0) is 14.3 Å². The highest BCUT2D eigenvalue weighted by Crippen LogP contribution is 1.98. The summed E-state index contributed by atoms with van der Waals surface area (Å²) in [7, 11) is 1.41. The van der Waals surface area contributed by atoms with Gasteiger partial charge in [0.05, 0.1) is 7.11 Å². The van der Waals surface area contributed by atoms with Crippen molar-refractivity contribution in [1.82, 2.24) is 5.32 Å². The molecule has 4 nitrogen and oxygen atoms in total. The summed E-state index contributed by atoms with van der Waals surface area (Å²) in [5, 5.41) is 3.08. The van der Waals surface area contributed by atoms with Crippen LogP contribution in [0.25, 0.3) is 0 Å². The van der Waals surface area contributed by atoms with Crippen LogP contribution in [0.2, 0.25) is 0 Å². The number of likely N-dealkylation sites (N-methyl/N-ethyl adjacent to an activating group) is 1. The van der Waals surface area contributed by atoms with Crippen LogP contribution in [0.3, 0.4) is 0 Å². The zero-order chi connectivity index (χ0) is 12.2. The van der Waals surface area contributed by atoms with Crippen molar-refractivity contribution >= 4 is 5.97 Å². The third kappa shape index (κ3) is 7.65. The summed E-state index contributed by atoms with van der Waals surface area (Å²) in [6, 6.07) is -0.235. The van der Waals surface area contributed by atoms with Gasteiger partial charge in [0.2, 0.25) is 0 Å². The highest BCUT2D eigenvalue weighted by molar-refractivity contribution is 5.75. The lowest BCUT2D eigenvalue weighted by Gasteiger charge is -2.15. The molecule has 16 heavy (non-hydrogen) atoms. The van der Waals surface area contributed by atoms with E-state index in [1.54, 1.807) is 0 Å². The highest BCUT2D eigenvalue weighted by atomic mass is 16.5. The van der Waals surface area contributed by atoms with Gasteiger partial charge in [-0.3, -0.25) is 4.79 Å². The molecule has 0 heterocycles. The third-order valence-electron chi connectivity index (χ3n) is 2.38. The van der Waals surface area contributed by atoms with Crippen LogP contribution in [0, 0.1) is 0 Å². The fraction of sp³-hybridized carbons (Fsp3) is 0.917. The average Bonchev–Trinajstić information content (AvgIpc) is 2.31. The van der Waals surface area contributed by atoms with Crippen LogP contribution in [0.5, 0.6) is 0 Å². The first-order chi connectivity index (χ1) is 7.76. The Balaban J connectivity index is 3.56. The van der Waals surface area contributed by atoms with E-state index in [0.717, 1.165) is 19.6 Å². The largest absolute Gasteiger partial charge is 0.468 e. The lowest BCUT2D eigenvalue weighted by Crippen LogP contribution is -2.38. The number of rotatable bonds is 10. The van der Waals surface area contributed by atoms with Crippen LogP contribution in [0.4, 0.5) is 0 Å². The quantitative estimate of drug-likeness (QED) is 0.459. The number of carbonyl (C=O) groups is 1. The van der Waals surface area contributed by atoms with Crippen molar-refractivity contribution in [2.24, 2.45) is 0 Å². The molecule has 0 fully saturated rings. The van der Waals surface area contributed by atoms with E-state index < -0.39 is 0 Å². The predicted molar refractivity (Wildman–Crippen MR) is 64.4 cm³/mol. The van der Waals surface area contributed by atoms with Gasteiger partial charge in [-0.2, -0.15) is 0 Å². The molecule has 0 bridgehead atoms. The Hall–Kier alpha value is -0.610.